The van der Waals surface area contributed by atoms with Gasteiger partial charge in [-0.1, -0.05) is 60.1 Å². The van der Waals surface area contributed by atoms with E-state index in [4.69, 9.17) is 25.8 Å². The summed E-state index contributed by atoms with van der Waals surface area (Å²) in [5, 5.41) is 4.08. The van der Waals surface area contributed by atoms with Crippen LogP contribution in [0.25, 0.3) is 0 Å². The minimum atomic E-state index is -0.588. The third-order valence-electron chi connectivity index (χ3n) is 5.68. The molecule has 2 unspecified atom stereocenters. The van der Waals surface area contributed by atoms with Crippen molar-refractivity contribution in [2.45, 2.75) is 51.8 Å². The summed E-state index contributed by atoms with van der Waals surface area (Å²) in [6, 6.07) is 24.1. The summed E-state index contributed by atoms with van der Waals surface area (Å²) in [7, 11) is 0. The van der Waals surface area contributed by atoms with Gasteiger partial charge in [-0.2, -0.15) is 0 Å². The van der Waals surface area contributed by atoms with E-state index in [1.165, 1.54) is 0 Å². The second kappa shape index (κ2) is 9.95. The van der Waals surface area contributed by atoms with Gasteiger partial charge in [0.15, 0.2) is 0 Å². The maximum atomic E-state index is 6.53. The fourth-order valence-corrected chi connectivity index (χ4v) is 4.26. The molecule has 32 heavy (non-hydrogen) atoms. The number of hydrogen-bond donors (Lipinski definition) is 1. The van der Waals surface area contributed by atoms with Crippen LogP contribution in [0.1, 0.15) is 43.6 Å². The highest BCUT2D eigenvalue weighted by atomic mass is 35.5. The summed E-state index contributed by atoms with van der Waals surface area (Å²) in [5.74, 6) is 0.826. The van der Waals surface area contributed by atoms with Crippen LogP contribution in [0.2, 0.25) is 5.02 Å². The quantitative estimate of drug-likeness (QED) is 0.409. The zero-order chi connectivity index (χ0) is 22.6. The molecule has 0 saturated heterocycles. The number of anilines is 1. The lowest BCUT2D eigenvalue weighted by Crippen LogP contribution is -2.50. The molecule has 1 heterocycles. The van der Waals surface area contributed by atoms with Crippen molar-refractivity contribution in [3.63, 3.8) is 0 Å². The fraction of sp³-hybridized carbons (Fsp3) is 0.333. The normalized spacial score (nSPS) is 19.1. The topological polar surface area (TPSA) is 39.7 Å². The first-order chi connectivity index (χ1) is 15.5. The van der Waals surface area contributed by atoms with Gasteiger partial charge in [0.05, 0.1) is 13.2 Å². The lowest BCUT2D eigenvalue weighted by molar-refractivity contribution is -0.170. The second-order valence-electron chi connectivity index (χ2n) is 8.53. The Kier molecular flexibility index (Phi) is 7.04. The number of rotatable bonds is 8. The molecule has 0 amide bonds. The van der Waals surface area contributed by atoms with Crippen molar-refractivity contribution >= 4 is 17.3 Å². The predicted octanol–water partition coefficient (Wildman–Crippen LogP) is 6.79. The van der Waals surface area contributed by atoms with E-state index < -0.39 is 5.60 Å². The van der Waals surface area contributed by atoms with Crippen LogP contribution in [-0.2, 0) is 22.7 Å². The van der Waals surface area contributed by atoms with Crippen molar-refractivity contribution in [2.24, 2.45) is 0 Å². The van der Waals surface area contributed by atoms with Crippen LogP contribution in [0.3, 0.4) is 0 Å². The van der Waals surface area contributed by atoms with E-state index in [1.807, 2.05) is 68.4 Å². The molecule has 1 N–H and O–H groups in total. The van der Waals surface area contributed by atoms with Gasteiger partial charge < -0.3 is 19.5 Å². The molecule has 0 saturated carbocycles. The molecule has 0 bridgehead atoms. The van der Waals surface area contributed by atoms with Gasteiger partial charge in [-0.3, -0.25) is 0 Å². The lowest BCUT2D eigenvalue weighted by atomic mass is 9.87. The molecule has 3 aromatic carbocycles. The summed E-state index contributed by atoms with van der Waals surface area (Å²) in [6.45, 7) is 7.88. The maximum Gasteiger partial charge on any atom is 0.132 e. The van der Waals surface area contributed by atoms with Crippen LogP contribution in [0.5, 0.6) is 5.75 Å². The Morgan fingerprint density at radius 1 is 0.938 bits per heavy atom. The highest BCUT2D eigenvalue weighted by Crippen LogP contribution is 2.45. The fourth-order valence-electron chi connectivity index (χ4n) is 4.07. The van der Waals surface area contributed by atoms with Gasteiger partial charge in [0.1, 0.15) is 23.6 Å². The van der Waals surface area contributed by atoms with E-state index >= 15 is 0 Å². The summed E-state index contributed by atoms with van der Waals surface area (Å²) < 4.78 is 19.4. The average molecular weight is 452 g/mol. The Hall–Kier alpha value is -2.53. The molecule has 2 atom stereocenters. The van der Waals surface area contributed by atoms with E-state index in [0.717, 1.165) is 34.7 Å². The van der Waals surface area contributed by atoms with E-state index in [2.05, 4.69) is 30.4 Å². The molecule has 0 radical (unpaired) electrons. The summed E-state index contributed by atoms with van der Waals surface area (Å²) in [5.41, 5.74) is 3.50. The van der Waals surface area contributed by atoms with E-state index in [0.29, 0.717) is 18.2 Å². The smallest absolute Gasteiger partial charge is 0.132 e. The van der Waals surface area contributed by atoms with Crippen LogP contribution in [0.15, 0.2) is 72.8 Å². The Balaban J connectivity index is 1.65. The van der Waals surface area contributed by atoms with Crippen LogP contribution in [0.4, 0.5) is 5.69 Å². The van der Waals surface area contributed by atoms with Crippen LogP contribution >= 0.6 is 11.6 Å². The van der Waals surface area contributed by atoms with E-state index in [-0.39, 0.29) is 12.2 Å². The van der Waals surface area contributed by atoms with Crippen molar-refractivity contribution in [2.75, 3.05) is 11.9 Å². The Morgan fingerprint density at radius 3 is 2.44 bits per heavy atom. The Bertz CT molecular complexity index is 1040. The van der Waals surface area contributed by atoms with Gasteiger partial charge in [-0.25, -0.2) is 0 Å². The molecule has 0 spiro atoms. The van der Waals surface area contributed by atoms with Crippen molar-refractivity contribution in [1.82, 2.24) is 0 Å². The lowest BCUT2D eigenvalue weighted by Gasteiger charge is -2.44. The van der Waals surface area contributed by atoms with E-state index in [1.54, 1.807) is 0 Å². The number of ether oxygens (including phenoxy) is 3. The molecule has 168 valence electrons. The van der Waals surface area contributed by atoms with Gasteiger partial charge in [-0.05, 0) is 56.2 Å². The number of fused-ring (bicyclic) bond motifs is 1. The van der Waals surface area contributed by atoms with Gasteiger partial charge in [-0.15, -0.1) is 0 Å². The number of hydrogen-bond acceptors (Lipinski definition) is 4. The first kappa shape index (κ1) is 22.7. The molecule has 0 aromatic heterocycles. The van der Waals surface area contributed by atoms with E-state index in [9.17, 15) is 0 Å². The summed E-state index contributed by atoms with van der Waals surface area (Å²) in [6.07, 6.45) is -0.623. The van der Waals surface area contributed by atoms with Gasteiger partial charge >= 0.3 is 0 Å². The third-order valence-corrected chi connectivity index (χ3v) is 6.05. The molecule has 4 rings (SSSR count). The zero-order valence-electron chi connectivity index (χ0n) is 18.8. The minimum Gasteiger partial charge on any atom is -0.485 e. The second-order valence-corrected chi connectivity index (χ2v) is 8.94. The monoisotopic (exact) mass is 451 g/mol. The van der Waals surface area contributed by atoms with Crippen LogP contribution < -0.4 is 10.1 Å². The Morgan fingerprint density at radius 2 is 1.69 bits per heavy atom. The third kappa shape index (κ3) is 5.09. The average Bonchev–Trinajstić information content (AvgIpc) is 2.78. The molecule has 3 aromatic rings. The minimum absolute atomic E-state index is 0.296. The molecule has 1 aliphatic rings. The van der Waals surface area contributed by atoms with Gasteiger partial charge in [0.2, 0.25) is 0 Å². The molecule has 4 nitrogen and oxygen atoms in total. The first-order valence-corrected chi connectivity index (χ1v) is 11.4. The van der Waals surface area contributed by atoms with Crippen molar-refractivity contribution in [3.05, 3.63) is 94.5 Å². The standard InChI is InChI=1S/C27H30ClNO3/c1-4-29-21-14-15-24-22(16-21)25(30-17-19-10-6-5-7-11-19)26(27(2,3)32-24)31-18-20-12-8-9-13-23(20)28/h5-16,25-26,29H,4,17-18H2,1-3H3. The number of nitrogens with one attached hydrogen (secondary N) is 1. The molecule has 0 fully saturated rings. The first-order valence-electron chi connectivity index (χ1n) is 11.1. The van der Waals surface area contributed by atoms with Crippen LogP contribution in [-0.4, -0.2) is 18.2 Å². The molecule has 5 heteroatoms. The number of halogens is 1. The maximum absolute atomic E-state index is 6.53. The number of benzene rings is 3. The van der Waals surface area contributed by atoms with Crippen LogP contribution in [0, 0.1) is 0 Å². The Labute approximate surface area is 195 Å². The van der Waals surface area contributed by atoms with Gasteiger partial charge in [0.25, 0.3) is 0 Å². The molecular formula is C27H30ClNO3. The largest absolute Gasteiger partial charge is 0.485 e. The highest BCUT2D eigenvalue weighted by Gasteiger charge is 2.45. The zero-order valence-corrected chi connectivity index (χ0v) is 19.6. The van der Waals surface area contributed by atoms with Crippen molar-refractivity contribution in [3.8, 4) is 5.75 Å². The summed E-state index contributed by atoms with van der Waals surface area (Å²) >= 11 is 6.38. The predicted molar refractivity (Wildman–Crippen MR) is 129 cm³/mol. The molecular weight excluding hydrogens is 422 g/mol. The molecule has 0 aliphatic carbocycles. The van der Waals surface area contributed by atoms with Crippen molar-refractivity contribution < 1.29 is 14.2 Å². The summed E-state index contributed by atoms with van der Waals surface area (Å²) in [4.78, 5) is 0. The van der Waals surface area contributed by atoms with Gasteiger partial charge in [0, 0.05) is 22.8 Å². The highest BCUT2D eigenvalue weighted by molar-refractivity contribution is 6.31. The SMILES string of the molecule is CCNc1ccc2c(c1)C(OCc1ccccc1)C(OCc1ccccc1Cl)C(C)(C)O2. The van der Waals surface area contributed by atoms with Crippen molar-refractivity contribution in [1.29, 1.82) is 0 Å². The molecule has 1 aliphatic heterocycles.